The smallest absolute Gasteiger partial charge is 0.490 e. The molecule has 3 aliphatic heterocycles. The highest BCUT2D eigenvalue weighted by Gasteiger charge is 2.38. The molecule has 7 rings (SSSR count). The lowest BCUT2D eigenvalue weighted by Gasteiger charge is -2.36. The van der Waals surface area contributed by atoms with Gasteiger partial charge in [-0.3, -0.25) is 4.98 Å². The van der Waals surface area contributed by atoms with E-state index in [9.17, 15) is 18.3 Å². The third-order valence-electron chi connectivity index (χ3n) is 7.65. The second kappa shape index (κ2) is 10.3. The van der Waals surface area contributed by atoms with Crippen LogP contribution in [0.5, 0.6) is 5.75 Å². The lowest BCUT2D eigenvalue weighted by molar-refractivity contribution is -0.192. The highest BCUT2D eigenvalue weighted by Crippen LogP contribution is 2.38. The Labute approximate surface area is 231 Å². The summed E-state index contributed by atoms with van der Waals surface area (Å²) in [4.78, 5) is 27.4. The number of halogens is 4. The quantitative estimate of drug-likeness (QED) is 0.307. The van der Waals surface area contributed by atoms with E-state index >= 15 is 4.39 Å². The van der Waals surface area contributed by atoms with Crippen LogP contribution < -0.4 is 15.1 Å². The van der Waals surface area contributed by atoms with Crippen LogP contribution in [-0.4, -0.2) is 75.6 Å². The molecular formula is C28H26F4N6O3. The molecule has 3 aliphatic rings. The molecule has 2 aromatic carbocycles. The molecule has 3 N–H and O–H groups in total. The fourth-order valence-electron chi connectivity index (χ4n) is 5.58. The standard InChI is InChI=1S/C26H25FN6O.C2HF3O2/c27-22-23(20-11-18(34)10-15-4-1-2-5-19(15)20)28-12-21-24(22)30-26(32-8-3-9-32)31-25(21)33-13-16-6-7-17(14-33)29-16;3-2(4,5)1(6)7/h1-2,4-5,10-12,16-17,29,34H,3,6-9,13-14H2;(H,6,7)/t16-,17+;. The molecule has 0 aliphatic carbocycles. The SMILES string of the molecule is O=C(O)C(F)(F)F.Oc1cc(-c2ncc3c(N4C[C@H]5CC[C@@H](C4)N5)nc(N4CCC4)nc3c2F)c2ccccc2c1. The molecule has 13 heteroatoms. The second-order valence-electron chi connectivity index (χ2n) is 10.4. The summed E-state index contributed by atoms with van der Waals surface area (Å²) in [5.74, 6) is -1.80. The Hall–Kier alpha value is -4.26. The van der Waals surface area contributed by atoms with Gasteiger partial charge in [-0.05, 0) is 42.2 Å². The Morgan fingerprint density at radius 3 is 2.32 bits per heavy atom. The van der Waals surface area contributed by atoms with Crippen LogP contribution in [0.25, 0.3) is 32.9 Å². The van der Waals surface area contributed by atoms with E-state index in [1.54, 1.807) is 18.3 Å². The number of carbonyl (C=O) groups is 1. The minimum atomic E-state index is -5.08. The van der Waals surface area contributed by atoms with Crippen molar-refractivity contribution in [2.24, 2.45) is 0 Å². The van der Waals surface area contributed by atoms with Crippen molar-refractivity contribution in [1.82, 2.24) is 20.3 Å². The van der Waals surface area contributed by atoms with E-state index in [0.29, 0.717) is 29.0 Å². The second-order valence-corrected chi connectivity index (χ2v) is 10.4. The highest BCUT2D eigenvalue weighted by molar-refractivity contribution is 6.00. The third-order valence-corrected chi connectivity index (χ3v) is 7.65. The van der Waals surface area contributed by atoms with Crippen molar-refractivity contribution in [3.63, 3.8) is 0 Å². The number of fused-ring (bicyclic) bond motifs is 4. The summed E-state index contributed by atoms with van der Waals surface area (Å²) >= 11 is 0. The number of anilines is 2. The fraction of sp³-hybridized carbons (Fsp3) is 0.357. The lowest BCUT2D eigenvalue weighted by Crippen LogP contribution is -2.51. The average Bonchev–Trinajstić information content (AvgIpc) is 3.24. The predicted molar refractivity (Wildman–Crippen MR) is 145 cm³/mol. The van der Waals surface area contributed by atoms with Gasteiger partial charge in [0.15, 0.2) is 5.82 Å². The molecule has 2 atom stereocenters. The third kappa shape index (κ3) is 5.17. The number of rotatable bonds is 3. The number of hydrogen-bond acceptors (Lipinski definition) is 8. The summed E-state index contributed by atoms with van der Waals surface area (Å²) in [7, 11) is 0. The maximum absolute atomic E-state index is 16.2. The largest absolute Gasteiger partial charge is 0.508 e. The van der Waals surface area contributed by atoms with Gasteiger partial charge in [-0.15, -0.1) is 0 Å². The number of carboxylic acids is 1. The van der Waals surface area contributed by atoms with Crippen molar-refractivity contribution in [2.75, 3.05) is 36.0 Å². The van der Waals surface area contributed by atoms with E-state index < -0.39 is 18.0 Å². The maximum atomic E-state index is 16.2. The number of aliphatic carboxylic acids is 1. The van der Waals surface area contributed by atoms with E-state index in [1.807, 2.05) is 24.3 Å². The van der Waals surface area contributed by atoms with Crippen molar-refractivity contribution in [1.29, 1.82) is 0 Å². The summed E-state index contributed by atoms with van der Waals surface area (Å²) in [6.45, 7) is 3.47. The fourth-order valence-corrected chi connectivity index (χ4v) is 5.58. The zero-order valence-corrected chi connectivity index (χ0v) is 21.7. The van der Waals surface area contributed by atoms with Gasteiger partial charge < -0.3 is 25.3 Å². The minimum Gasteiger partial charge on any atom is -0.508 e. The highest BCUT2D eigenvalue weighted by atomic mass is 19.4. The lowest BCUT2D eigenvalue weighted by atomic mass is 10.00. The van der Waals surface area contributed by atoms with E-state index in [2.05, 4.69) is 25.1 Å². The van der Waals surface area contributed by atoms with Gasteiger partial charge in [-0.1, -0.05) is 24.3 Å². The first-order valence-corrected chi connectivity index (χ1v) is 13.2. The monoisotopic (exact) mass is 570 g/mol. The van der Waals surface area contributed by atoms with Crippen LogP contribution in [0.3, 0.4) is 0 Å². The van der Waals surface area contributed by atoms with Gasteiger partial charge >= 0.3 is 12.1 Å². The van der Waals surface area contributed by atoms with E-state index in [4.69, 9.17) is 14.9 Å². The van der Waals surface area contributed by atoms with E-state index in [-0.39, 0.29) is 17.0 Å². The van der Waals surface area contributed by atoms with Crippen LogP contribution >= 0.6 is 0 Å². The zero-order valence-electron chi connectivity index (χ0n) is 21.7. The molecule has 4 aromatic rings. The number of nitrogens with one attached hydrogen (secondary N) is 1. The molecular weight excluding hydrogens is 544 g/mol. The number of aromatic nitrogens is 3. The van der Waals surface area contributed by atoms with Gasteiger partial charge in [0, 0.05) is 50.0 Å². The van der Waals surface area contributed by atoms with Crippen LogP contribution in [0.2, 0.25) is 0 Å². The number of alkyl halides is 3. The average molecular weight is 571 g/mol. The Morgan fingerprint density at radius 1 is 1.00 bits per heavy atom. The van der Waals surface area contributed by atoms with Gasteiger partial charge in [0.1, 0.15) is 22.8 Å². The summed E-state index contributed by atoms with van der Waals surface area (Å²) < 4.78 is 47.9. The number of hydrogen-bond donors (Lipinski definition) is 3. The van der Waals surface area contributed by atoms with Crippen LogP contribution in [0.15, 0.2) is 42.6 Å². The molecule has 3 fully saturated rings. The van der Waals surface area contributed by atoms with E-state index in [1.165, 1.54) is 0 Å². The number of carboxylic acid groups (broad SMARTS) is 1. The first-order chi connectivity index (χ1) is 19.6. The first kappa shape index (κ1) is 26.9. The van der Waals surface area contributed by atoms with Gasteiger partial charge in [-0.2, -0.15) is 18.2 Å². The molecule has 0 spiro atoms. The summed E-state index contributed by atoms with van der Waals surface area (Å²) in [6, 6.07) is 11.8. The zero-order chi connectivity index (χ0) is 28.9. The number of piperazine rings is 1. The van der Waals surface area contributed by atoms with Crippen molar-refractivity contribution in [3.8, 4) is 17.0 Å². The van der Waals surface area contributed by atoms with Crippen molar-refractivity contribution >= 4 is 39.4 Å². The Morgan fingerprint density at radius 2 is 1.68 bits per heavy atom. The number of pyridine rings is 1. The predicted octanol–water partition coefficient (Wildman–Crippen LogP) is 4.47. The van der Waals surface area contributed by atoms with Gasteiger partial charge in [0.05, 0.1) is 5.39 Å². The first-order valence-electron chi connectivity index (χ1n) is 13.2. The summed E-state index contributed by atoms with van der Waals surface area (Å²) in [5.41, 5.74) is 1.04. The molecule has 0 amide bonds. The van der Waals surface area contributed by atoms with Gasteiger partial charge in [-0.25, -0.2) is 14.2 Å². The van der Waals surface area contributed by atoms with Crippen molar-refractivity contribution in [3.05, 3.63) is 48.4 Å². The molecule has 0 radical (unpaired) electrons. The van der Waals surface area contributed by atoms with Crippen LogP contribution in [-0.2, 0) is 4.79 Å². The normalized spacial score (nSPS) is 20.1. The Bertz CT molecular complexity index is 1630. The van der Waals surface area contributed by atoms with E-state index in [0.717, 1.165) is 62.0 Å². The Balaban J connectivity index is 0.000000387. The molecule has 2 bridgehead atoms. The maximum Gasteiger partial charge on any atom is 0.490 e. The number of aromatic hydroxyl groups is 1. The number of nitrogens with zero attached hydrogens (tertiary/aromatic N) is 5. The number of benzene rings is 2. The Kier molecular flexibility index (Phi) is 6.76. The number of phenolic OH excluding ortho intramolecular Hbond substituents is 1. The molecule has 0 unspecified atom stereocenters. The molecule has 2 aromatic heterocycles. The molecule has 0 saturated carbocycles. The minimum absolute atomic E-state index is 0.0796. The van der Waals surface area contributed by atoms with Crippen LogP contribution in [0.1, 0.15) is 19.3 Å². The molecule has 214 valence electrons. The van der Waals surface area contributed by atoms with Crippen molar-refractivity contribution in [2.45, 2.75) is 37.5 Å². The molecule has 9 nitrogen and oxygen atoms in total. The molecule has 5 heterocycles. The summed E-state index contributed by atoms with van der Waals surface area (Å²) in [5, 5.41) is 23.4. The number of phenols is 1. The van der Waals surface area contributed by atoms with Crippen molar-refractivity contribution < 1.29 is 32.6 Å². The van der Waals surface area contributed by atoms with Crippen LogP contribution in [0, 0.1) is 5.82 Å². The van der Waals surface area contributed by atoms with Crippen LogP contribution in [0.4, 0.5) is 29.3 Å². The molecule has 3 saturated heterocycles. The van der Waals surface area contributed by atoms with Gasteiger partial charge in [0.25, 0.3) is 0 Å². The van der Waals surface area contributed by atoms with Gasteiger partial charge in [0.2, 0.25) is 5.95 Å². The summed E-state index contributed by atoms with van der Waals surface area (Å²) in [6.07, 6.45) is 0.0224. The topological polar surface area (TPSA) is 115 Å². The molecule has 41 heavy (non-hydrogen) atoms.